The Morgan fingerprint density at radius 1 is 1.32 bits per heavy atom. The Labute approximate surface area is 133 Å². The number of halogens is 1. The second-order valence-corrected chi connectivity index (χ2v) is 6.50. The van der Waals surface area contributed by atoms with Crippen molar-refractivity contribution in [2.75, 3.05) is 13.1 Å². The molecule has 22 heavy (non-hydrogen) atoms. The summed E-state index contributed by atoms with van der Waals surface area (Å²) in [6.45, 7) is 5.15. The van der Waals surface area contributed by atoms with E-state index in [1.165, 1.54) is 0 Å². The first kappa shape index (κ1) is 15.2. The minimum Gasteiger partial charge on any atom is -0.408 e. The highest BCUT2D eigenvalue weighted by Crippen LogP contribution is 2.27. The van der Waals surface area contributed by atoms with Gasteiger partial charge in [-0.25, -0.2) is 4.79 Å². The topological polar surface area (TPSA) is 55.5 Å². The highest BCUT2D eigenvalue weighted by Gasteiger charge is 2.27. The molecule has 3 rings (SSSR count). The summed E-state index contributed by atoms with van der Waals surface area (Å²) in [6, 6.07) is 5.23. The van der Waals surface area contributed by atoms with Gasteiger partial charge in [0.15, 0.2) is 5.58 Å². The quantitative estimate of drug-likeness (QED) is 0.853. The van der Waals surface area contributed by atoms with Crippen LogP contribution in [0, 0.1) is 5.92 Å². The summed E-state index contributed by atoms with van der Waals surface area (Å²) in [5.74, 6) is -0.176. The number of rotatable bonds is 2. The molecule has 0 saturated carbocycles. The standard InChI is InChI=1S/C16H19ClN2O3/c1-10(2)15(20)18-7-5-12(6-8-18)19-13-9-11(17)3-4-14(13)22-16(19)21/h3-4,9-10,12H,5-8H2,1-2H3. The molecule has 0 atom stereocenters. The Bertz CT molecular complexity index is 754. The molecule has 0 N–H and O–H groups in total. The number of aromatic nitrogens is 1. The summed E-state index contributed by atoms with van der Waals surface area (Å²) >= 11 is 6.03. The summed E-state index contributed by atoms with van der Waals surface area (Å²) < 4.78 is 6.97. The summed E-state index contributed by atoms with van der Waals surface area (Å²) in [4.78, 5) is 26.1. The lowest BCUT2D eigenvalue weighted by Crippen LogP contribution is -2.42. The molecule has 5 nitrogen and oxygen atoms in total. The molecule has 1 aromatic carbocycles. The lowest BCUT2D eigenvalue weighted by atomic mass is 10.0. The van der Waals surface area contributed by atoms with Crippen LogP contribution in [0.3, 0.4) is 0 Å². The van der Waals surface area contributed by atoms with Crippen molar-refractivity contribution in [3.8, 4) is 0 Å². The van der Waals surface area contributed by atoms with E-state index < -0.39 is 0 Å². The molecule has 118 valence electrons. The molecule has 0 radical (unpaired) electrons. The first-order chi connectivity index (χ1) is 10.5. The van der Waals surface area contributed by atoms with E-state index in [1.54, 1.807) is 22.8 Å². The number of nitrogens with zero attached hydrogens (tertiary/aromatic N) is 2. The highest BCUT2D eigenvalue weighted by atomic mass is 35.5. The number of fused-ring (bicyclic) bond motifs is 1. The predicted molar refractivity (Wildman–Crippen MR) is 85.2 cm³/mol. The Hall–Kier alpha value is -1.75. The van der Waals surface area contributed by atoms with Crippen LogP contribution in [0.2, 0.25) is 5.02 Å². The number of benzene rings is 1. The third-order valence-electron chi connectivity index (χ3n) is 4.21. The van der Waals surface area contributed by atoms with Crippen molar-refractivity contribution in [3.05, 3.63) is 33.8 Å². The molecule has 2 heterocycles. The fourth-order valence-corrected chi connectivity index (χ4v) is 3.23. The molecule has 1 fully saturated rings. The average molecular weight is 323 g/mol. The molecule has 1 aliphatic rings. The van der Waals surface area contributed by atoms with Crippen LogP contribution in [0.4, 0.5) is 0 Å². The Morgan fingerprint density at radius 2 is 2.00 bits per heavy atom. The van der Waals surface area contributed by atoms with E-state index in [1.807, 2.05) is 18.7 Å². The van der Waals surface area contributed by atoms with Crippen molar-refractivity contribution < 1.29 is 9.21 Å². The number of carbonyl (C=O) groups excluding carboxylic acids is 1. The maximum absolute atomic E-state index is 12.1. The van der Waals surface area contributed by atoms with Gasteiger partial charge in [-0.15, -0.1) is 0 Å². The lowest BCUT2D eigenvalue weighted by molar-refractivity contribution is -0.135. The molecule has 1 amide bonds. The van der Waals surface area contributed by atoms with Crippen LogP contribution in [-0.2, 0) is 4.79 Å². The molecule has 1 aromatic heterocycles. The van der Waals surface area contributed by atoms with Crippen LogP contribution in [0.1, 0.15) is 32.7 Å². The molecular weight excluding hydrogens is 304 g/mol. The van der Waals surface area contributed by atoms with Crippen LogP contribution in [0.15, 0.2) is 27.4 Å². The van der Waals surface area contributed by atoms with Gasteiger partial charge in [-0.05, 0) is 31.0 Å². The molecule has 0 bridgehead atoms. The molecule has 1 aliphatic heterocycles. The molecule has 1 saturated heterocycles. The van der Waals surface area contributed by atoms with Crippen LogP contribution in [0.25, 0.3) is 11.1 Å². The summed E-state index contributed by atoms with van der Waals surface area (Å²) in [5, 5.41) is 0.578. The second-order valence-electron chi connectivity index (χ2n) is 6.06. The summed E-state index contributed by atoms with van der Waals surface area (Å²) in [5.41, 5.74) is 1.28. The van der Waals surface area contributed by atoms with Crippen LogP contribution in [-0.4, -0.2) is 28.5 Å². The highest BCUT2D eigenvalue weighted by molar-refractivity contribution is 6.31. The van der Waals surface area contributed by atoms with E-state index in [9.17, 15) is 9.59 Å². The number of piperidine rings is 1. The zero-order valence-electron chi connectivity index (χ0n) is 12.7. The van der Waals surface area contributed by atoms with Gasteiger partial charge in [0.25, 0.3) is 0 Å². The Kier molecular flexibility index (Phi) is 4.00. The van der Waals surface area contributed by atoms with Crippen molar-refractivity contribution in [1.82, 2.24) is 9.47 Å². The van der Waals surface area contributed by atoms with Gasteiger partial charge < -0.3 is 9.32 Å². The fourth-order valence-electron chi connectivity index (χ4n) is 3.06. The van der Waals surface area contributed by atoms with Crippen LogP contribution >= 0.6 is 11.6 Å². The molecule has 2 aromatic rings. The van der Waals surface area contributed by atoms with Gasteiger partial charge in [0.1, 0.15) is 0 Å². The van der Waals surface area contributed by atoms with Gasteiger partial charge in [-0.2, -0.15) is 0 Å². The Morgan fingerprint density at radius 3 is 2.64 bits per heavy atom. The third kappa shape index (κ3) is 2.65. The van der Waals surface area contributed by atoms with Gasteiger partial charge in [0.2, 0.25) is 5.91 Å². The number of hydrogen-bond donors (Lipinski definition) is 0. The minimum atomic E-state index is -0.356. The number of likely N-dealkylation sites (tertiary alicyclic amines) is 1. The number of amides is 1. The van der Waals surface area contributed by atoms with Crippen molar-refractivity contribution >= 4 is 28.6 Å². The number of oxazole rings is 1. The number of carbonyl (C=O) groups is 1. The van der Waals surface area contributed by atoms with Crippen LogP contribution in [0.5, 0.6) is 0 Å². The van der Waals surface area contributed by atoms with Gasteiger partial charge in [-0.1, -0.05) is 25.4 Å². The van der Waals surface area contributed by atoms with E-state index in [-0.39, 0.29) is 23.6 Å². The molecule has 0 spiro atoms. The van der Waals surface area contributed by atoms with Crippen LogP contribution < -0.4 is 5.76 Å². The van der Waals surface area contributed by atoms with E-state index in [0.29, 0.717) is 23.7 Å². The van der Waals surface area contributed by atoms with Crippen molar-refractivity contribution in [3.63, 3.8) is 0 Å². The smallest absolute Gasteiger partial charge is 0.408 e. The van der Waals surface area contributed by atoms with Crippen molar-refractivity contribution in [1.29, 1.82) is 0 Å². The van der Waals surface area contributed by atoms with Crippen molar-refractivity contribution in [2.24, 2.45) is 5.92 Å². The first-order valence-electron chi connectivity index (χ1n) is 7.56. The normalized spacial score (nSPS) is 16.6. The molecule has 0 aliphatic carbocycles. The number of hydrogen-bond acceptors (Lipinski definition) is 3. The summed E-state index contributed by atoms with van der Waals surface area (Å²) in [6.07, 6.45) is 1.50. The lowest BCUT2D eigenvalue weighted by Gasteiger charge is -2.33. The van der Waals surface area contributed by atoms with E-state index in [2.05, 4.69) is 0 Å². The van der Waals surface area contributed by atoms with Gasteiger partial charge in [0, 0.05) is 30.1 Å². The molecular formula is C16H19ClN2O3. The van der Waals surface area contributed by atoms with Gasteiger partial charge in [-0.3, -0.25) is 9.36 Å². The van der Waals surface area contributed by atoms with E-state index in [4.69, 9.17) is 16.0 Å². The predicted octanol–water partition coefficient (Wildman–Crippen LogP) is 3.07. The monoisotopic (exact) mass is 322 g/mol. The average Bonchev–Trinajstić information content (AvgIpc) is 2.82. The summed E-state index contributed by atoms with van der Waals surface area (Å²) in [7, 11) is 0. The zero-order chi connectivity index (χ0) is 15.9. The first-order valence-corrected chi connectivity index (χ1v) is 7.94. The van der Waals surface area contributed by atoms with E-state index in [0.717, 1.165) is 18.4 Å². The SMILES string of the molecule is CC(C)C(=O)N1CCC(n2c(=O)oc3ccc(Cl)cc32)CC1. The van der Waals surface area contributed by atoms with Gasteiger partial charge >= 0.3 is 5.76 Å². The largest absolute Gasteiger partial charge is 0.420 e. The maximum atomic E-state index is 12.1. The second kappa shape index (κ2) is 5.80. The molecule has 0 unspecified atom stereocenters. The maximum Gasteiger partial charge on any atom is 0.420 e. The zero-order valence-corrected chi connectivity index (χ0v) is 13.5. The Balaban J connectivity index is 1.85. The van der Waals surface area contributed by atoms with Gasteiger partial charge in [0.05, 0.1) is 5.52 Å². The van der Waals surface area contributed by atoms with Crippen molar-refractivity contribution in [2.45, 2.75) is 32.7 Å². The third-order valence-corrected chi connectivity index (χ3v) is 4.44. The minimum absolute atomic E-state index is 0.00725. The molecule has 6 heteroatoms. The van der Waals surface area contributed by atoms with E-state index >= 15 is 0 Å². The fraction of sp³-hybridized carbons (Fsp3) is 0.500.